The maximum atomic E-state index is 13.0. The van der Waals surface area contributed by atoms with E-state index in [1.807, 2.05) is 0 Å². The van der Waals surface area contributed by atoms with Crippen LogP contribution in [0, 0.1) is 5.82 Å². The second kappa shape index (κ2) is 6.73. The first kappa shape index (κ1) is 14.8. The van der Waals surface area contributed by atoms with Crippen molar-refractivity contribution < 1.29 is 9.18 Å². The van der Waals surface area contributed by atoms with Crippen molar-refractivity contribution >= 4 is 29.1 Å². The lowest BCUT2D eigenvalue weighted by atomic mass is 10.1. The molecule has 0 aliphatic heterocycles. The molecule has 0 radical (unpaired) electrons. The van der Waals surface area contributed by atoms with Crippen molar-refractivity contribution in [3.05, 3.63) is 69.5 Å². The molecule has 20 heavy (non-hydrogen) atoms. The Hall–Kier alpha value is -1.58. The first-order valence-electron chi connectivity index (χ1n) is 5.99. The molecular formula is C15H12Cl2FNO. The molecule has 104 valence electrons. The van der Waals surface area contributed by atoms with Gasteiger partial charge in [-0.15, -0.1) is 0 Å². The summed E-state index contributed by atoms with van der Waals surface area (Å²) in [6.45, 7) is 0.290. The maximum absolute atomic E-state index is 13.0. The van der Waals surface area contributed by atoms with E-state index >= 15 is 0 Å². The highest BCUT2D eigenvalue weighted by Crippen LogP contribution is 2.22. The molecule has 0 saturated carbocycles. The van der Waals surface area contributed by atoms with Crippen molar-refractivity contribution in [2.45, 2.75) is 13.0 Å². The third-order valence-electron chi connectivity index (χ3n) is 2.73. The summed E-state index contributed by atoms with van der Waals surface area (Å²) in [5.74, 6) is -0.478. The Bertz CT molecular complexity index is 631. The third kappa shape index (κ3) is 4.22. The van der Waals surface area contributed by atoms with Gasteiger partial charge in [0.05, 0.1) is 16.5 Å². The molecule has 0 aliphatic carbocycles. The van der Waals surface area contributed by atoms with Gasteiger partial charge in [-0.25, -0.2) is 4.39 Å². The van der Waals surface area contributed by atoms with Gasteiger partial charge in [0.2, 0.25) is 5.91 Å². The summed E-state index contributed by atoms with van der Waals surface area (Å²) in [6.07, 6.45) is 0.201. The Labute approximate surface area is 126 Å². The van der Waals surface area contributed by atoms with Crippen LogP contribution in [0.5, 0.6) is 0 Å². The molecule has 0 atom stereocenters. The van der Waals surface area contributed by atoms with E-state index in [-0.39, 0.29) is 24.7 Å². The van der Waals surface area contributed by atoms with E-state index in [1.54, 1.807) is 30.3 Å². The van der Waals surface area contributed by atoms with Crippen LogP contribution >= 0.6 is 23.2 Å². The van der Waals surface area contributed by atoms with Gasteiger partial charge in [0, 0.05) is 6.54 Å². The van der Waals surface area contributed by atoms with Crippen LogP contribution in [0.25, 0.3) is 0 Å². The maximum Gasteiger partial charge on any atom is 0.224 e. The highest BCUT2D eigenvalue weighted by molar-refractivity contribution is 6.42. The van der Waals surface area contributed by atoms with Gasteiger partial charge in [0.25, 0.3) is 0 Å². The highest BCUT2D eigenvalue weighted by atomic mass is 35.5. The van der Waals surface area contributed by atoms with E-state index in [9.17, 15) is 9.18 Å². The molecule has 1 N–H and O–H groups in total. The van der Waals surface area contributed by atoms with Crippen LogP contribution in [-0.4, -0.2) is 5.91 Å². The SMILES string of the molecule is O=C(Cc1ccc(Cl)c(Cl)c1)NCc1cccc(F)c1. The van der Waals surface area contributed by atoms with Crippen LogP contribution in [0.4, 0.5) is 4.39 Å². The normalized spacial score (nSPS) is 10.3. The Morgan fingerprint density at radius 1 is 1.05 bits per heavy atom. The standard InChI is InChI=1S/C15H12Cl2FNO/c16-13-5-4-10(7-14(13)17)8-15(20)19-9-11-2-1-3-12(18)6-11/h1-7H,8-9H2,(H,19,20). The number of halogens is 3. The molecule has 5 heteroatoms. The van der Waals surface area contributed by atoms with Crippen molar-refractivity contribution in [2.24, 2.45) is 0 Å². The summed E-state index contributed by atoms with van der Waals surface area (Å²) in [5.41, 5.74) is 1.49. The Morgan fingerprint density at radius 2 is 1.85 bits per heavy atom. The van der Waals surface area contributed by atoms with E-state index in [2.05, 4.69) is 5.32 Å². The molecule has 0 aromatic heterocycles. The van der Waals surface area contributed by atoms with Crippen LogP contribution in [0.1, 0.15) is 11.1 Å². The van der Waals surface area contributed by atoms with Crippen LogP contribution in [0.15, 0.2) is 42.5 Å². The molecule has 2 aromatic carbocycles. The summed E-state index contributed by atoms with van der Waals surface area (Å²) in [7, 11) is 0. The molecule has 0 unspecified atom stereocenters. The molecule has 1 amide bonds. The van der Waals surface area contributed by atoms with Gasteiger partial charge in [-0.1, -0.05) is 41.4 Å². The van der Waals surface area contributed by atoms with E-state index in [4.69, 9.17) is 23.2 Å². The predicted molar refractivity (Wildman–Crippen MR) is 78.4 cm³/mol. The Morgan fingerprint density at radius 3 is 2.55 bits per heavy atom. The van der Waals surface area contributed by atoms with E-state index < -0.39 is 0 Å². The fourth-order valence-electron chi connectivity index (χ4n) is 1.75. The number of carbonyl (C=O) groups is 1. The number of rotatable bonds is 4. The number of hydrogen-bond donors (Lipinski definition) is 1. The summed E-state index contributed by atoms with van der Waals surface area (Å²) in [4.78, 5) is 11.8. The van der Waals surface area contributed by atoms with Gasteiger partial charge >= 0.3 is 0 Å². The summed E-state index contributed by atoms with van der Waals surface area (Å²) in [5, 5.41) is 3.60. The second-order valence-electron chi connectivity index (χ2n) is 4.33. The third-order valence-corrected chi connectivity index (χ3v) is 3.47. The molecule has 2 aromatic rings. The van der Waals surface area contributed by atoms with E-state index in [0.717, 1.165) is 5.56 Å². The lowest BCUT2D eigenvalue weighted by molar-refractivity contribution is -0.120. The first-order chi connectivity index (χ1) is 9.54. The Kier molecular flexibility index (Phi) is 4.99. The molecule has 0 spiro atoms. The molecule has 0 aliphatic rings. The van der Waals surface area contributed by atoms with Gasteiger partial charge in [-0.2, -0.15) is 0 Å². The largest absolute Gasteiger partial charge is 0.352 e. The number of nitrogens with one attached hydrogen (secondary N) is 1. The van der Waals surface area contributed by atoms with E-state index in [1.165, 1.54) is 12.1 Å². The second-order valence-corrected chi connectivity index (χ2v) is 5.15. The van der Waals surface area contributed by atoms with Crippen molar-refractivity contribution in [2.75, 3.05) is 0 Å². The summed E-state index contributed by atoms with van der Waals surface area (Å²) >= 11 is 11.7. The van der Waals surface area contributed by atoms with Gasteiger partial charge in [0.1, 0.15) is 5.82 Å². The van der Waals surface area contributed by atoms with Crippen molar-refractivity contribution in [3.63, 3.8) is 0 Å². The van der Waals surface area contributed by atoms with Gasteiger partial charge in [-0.3, -0.25) is 4.79 Å². The topological polar surface area (TPSA) is 29.1 Å². The zero-order valence-corrected chi connectivity index (χ0v) is 12.0. The number of carbonyl (C=O) groups excluding carboxylic acids is 1. The molecule has 2 rings (SSSR count). The van der Waals surface area contributed by atoms with Crippen LogP contribution in [-0.2, 0) is 17.8 Å². The molecule has 0 bridgehead atoms. The number of benzene rings is 2. The molecule has 2 nitrogen and oxygen atoms in total. The zero-order valence-electron chi connectivity index (χ0n) is 10.5. The first-order valence-corrected chi connectivity index (χ1v) is 6.75. The Balaban J connectivity index is 1.91. The number of hydrogen-bond acceptors (Lipinski definition) is 1. The average molecular weight is 312 g/mol. The highest BCUT2D eigenvalue weighted by Gasteiger charge is 2.06. The minimum atomic E-state index is -0.318. The quantitative estimate of drug-likeness (QED) is 0.908. The fraction of sp³-hybridized carbons (Fsp3) is 0.133. The summed E-state index contributed by atoms with van der Waals surface area (Å²) in [6, 6.07) is 11.2. The number of amides is 1. The molecular weight excluding hydrogens is 300 g/mol. The monoisotopic (exact) mass is 311 g/mol. The van der Waals surface area contributed by atoms with Crippen molar-refractivity contribution in [1.82, 2.24) is 5.32 Å². The van der Waals surface area contributed by atoms with Crippen LogP contribution in [0.2, 0.25) is 10.0 Å². The fourth-order valence-corrected chi connectivity index (χ4v) is 2.07. The van der Waals surface area contributed by atoms with Crippen LogP contribution in [0.3, 0.4) is 0 Å². The van der Waals surface area contributed by atoms with E-state index in [0.29, 0.717) is 15.6 Å². The average Bonchev–Trinajstić information content (AvgIpc) is 2.41. The van der Waals surface area contributed by atoms with Crippen LogP contribution < -0.4 is 5.32 Å². The van der Waals surface area contributed by atoms with Gasteiger partial charge in [-0.05, 0) is 35.4 Å². The van der Waals surface area contributed by atoms with Gasteiger partial charge < -0.3 is 5.32 Å². The smallest absolute Gasteiger partial charge is 0.224 e. The molecule has 0 heterocycles. The predicted octanol–water partition coefficient (Wildman–Crippen LogP) is 3.99. The summed E-state index contributed by atoms with van der Waals surface area (Å²) < 4.78 is 13.0. The van der Waals surface area contributed by atoms with Crippen molar-refractivity contribution in [3.8, 4) is 0 Å². The van der Waals surface area contributed by atoms with Crippen molar-refractivity contribution in [1.29, 1.82) is 0 Å². The molecule has 0 saturated heterocycles. The lowest BCUT2D eigenvalue weighted by Crippen LogP contribution is -2.24. The van der Waals surface area contributed by atoms with Gasteiger partial charge in [0.15, 0.2) is 0 Å². The zero-order chi connectivity index (χ0) is 14.5. The lowest BCUT2D eigenvalue weighted by Gasteiger charge is -2.06. The minimum absolute atomic E-state index is 0.160. The molecule has 0 fully saturated rings. The minimum Gasteiger partial charge on any atom is -0.352 e.